The molecule has 1 aliphatic heterocycles. The van der Waals surface area contributed by atoms with Gasteiger partial charge in [0.15, 0.2) is 0 Å². The highest BCUT2D eigenvalue weighted by Gasteiger charge is 2.17. The highest BCUT2D eigenvalue weighted by atomic mass is 16.1. The maximum atomic E-state index is 11.9. The summed E-state index contributed by atoms with van der Waals surface area (Å²) in [5.41, 5.74) is 2.06. The zero-order chi connectivity index (χ0) is 13.9. The molecule has 5 heteroatoms. The second kappa shape index (κ2) is 5.63. The van der Waals surface area contributed by atoms with Crippen LogP contribution in [0.1, 0.15) is 25.1 Å². The van der Waals surface area contributed by atoms with Crippen LogP contribution in [0.2, 0.25) is 0 Å². The first-order valence-electron chi connectivity index (χ1n) is 7.14. The topological polar surface area (TPSA) is 59.0 Å². The van der Waals surface area contributed by atoms with E-state index in [4.69, 9.17) is 0 Å². The first-order chi connectivity index (χ1) is 9.74. The van der Waals surface area contributed by atoms with Crippen molar-refractivity contribution in [3.05, 3.63) is 30.1 Å². The van der Waals surface area contributed by atoms with Crippen LogP contribution < -0.4 is 10.6 Å². The number of rotatable bonds is 4. The van der Waals surface area contributed by atoms with E-state index in [0.717, 1.165) is 29.8 Å². The molecule has 1 aliphatic rings. The Morgan fingerprint density at radius 3 is 3.10 bits per heavy atom. The maximum Gasteiger partial charge on any atom is 0.221 e. The molecule has 1 unspecified atom stereocenters. The summed E-state index contributed by atoms with van der Waals surface area (Å²) in [6.07, 6.45) is 2.83. The molecule has 1 aromatic heterocycles. The van der Waals surface area contributed by atoms with Crippen molar-refractivity contribution in [1.82, 2.24) is 20.2 Å². The average molecular weight is 272 g/mol. The summed E-state index contributed by atoms with van der Waals surface area (Å²) in [5, 5.41) is 6.30. The third-order valence-electron chi connectivity index (χ3n) is 3.92. The maximum absolute atomic E-state index is 11.9. The molecular weight excluding hydrogens is 252 g/mol. The van der Waals surface area contributed by atoms with Gasteiger partial charge in [-0.25, -0.2) is 4.98 Å². The Morgan fingerprint density at radius 1 is 1.50 bits per heavy atom. The predicted molar refractivity (Wildman–Crippen MR) is 78.2 cm³/mol. The smallest absolute Gasteiger partial charge is 0.221 e. The normalized spacial score (nSPS) is 18.6. The number of benzene rings is 1. The SMILES string of the molecule is Cn1c(CNC(=O)CC2CCCN2)nc2ccccc21. The number of para-hydroxylation sites is 2. The fourth-order valence-electron chi connectivity index (χ4n) is 2.76. The molecule has 1 fully saturated rings. The van der Waals surface area contributed by atoms with E-state index < -0.39 is 0 Å². The van der Waals surface area contributed by atoms with Crippen molar-refractivity contribution in [2.45, 2.75) is 31.8 Å². The molecule has 1 saturated heterocycles. The van der Waals surface area contributed by atoms with Gasteiger partial charge in [0.1, 0.15) is 5.82 Å². The number of nitrogens with zero attached hydrogens (tertiary/aromatic N) is 2. The van der Waals surface area contributed by atoms with Crippen LogP contribution in [-0.2, 0) is 18.4 Å². The molecule has 0 spiro atoms. The van der Waals surface area contributed by atoms with Crippen LogP contribution in [0.3, 0.4) is 0 Å². The van der Waals surface area contributed by atoms with E-state index in [2.05, 4.69) is 15.6 Å². The number of imidazole rings is 1. The molecule has 1 amide bonds. The summed E-state index contributed by atoms with van der Waals surface area (Å²) in [5.74, 6) is 0.982. The number of nitrogens with one attached hydrogen (secondary N) is 2. The van der Waals surface area contributed by atoms with Gasteiger partial charge in [-0.2, -0.15) is 0 Å². The van der Waals surface area contributed by atoms with Crippen LogP contribution in [0.4, 0.5) is 0 Å². The van der Waals surface area contributed by atoms with Crippen LogP contribution in [0.25, 0.3) is 11.0 Å². The van der Waals surface area contributed by atoms with E-state index in [9.17, 15) is 4.79 Å². The minimum atomic E-state index is 0.0939. The average Bonchev–Trinajstić information content (AvgIpc) is 3.06. The molecule has 0 aliphatic carbocycles. The van der Waals surface area contributed by atoms with Crippen LogP contribution in [-0.4, -0.2) is 28.0 Å². The first kappa shape index (κ1) is 13.1. The van der Waals surface area contributed by atoms with Gasteiger partial charge < -0.3 is 15.2 Å². The quantitative estimate of drug-likeness (QED) is 0.883. The van der Waals surface area contributed by atoms with E-state index in [1.807, 2.05) is 35.9 Å². The molecule has 0 saturated carbocycles. The van der Waals surface area contributed by atoms with Gasteiger partial charge in [-0.3, -0.25) is 4.79 Å². The number of hydrogen-bond acceptors (Lipinski definition) is 3. The van der Waals surface area contributed by atoms with Crippen molar-refractivity contribution in [2.75, 3.05) is 6.54 Å². The lowest BCUT2D eigenvalue weighted by atomic mass is 10.1. The molecule has 0 bridgehead atoms. The third-order valence-corrected chi connectivity index (χ3v) is 3.92. The van der Waals surface area contributed by atoms with Crippen molar-refractivity contribution in [3.63, 3.8) is 0 Å². The van der Waals surface area contributed by atoms with E-state index >= 15 is 0 Å². The first-order valence-corrected chi connectivity index (χ1v) is 7.14. The Bertz CT molecular complexity index is 613. The summed E-state index contributed by atoms with van der Waals surface area (Å²) in [4.78, 5) is 16.5. The predicted octanol–water partition coefficient (Wildman–Crippen LogP) is 1.33. The Morgan fingerprint density at radius 2 is 2.35 bits per heavy atom. The Hall–Kier alpha value is -1.88. The zero-order valence-electron chi connectivity index (χ0n) is 11.7. The fourth-order valence-corrected chi connectivity index (χ4v) is 2.76. The van der Waals surface area contributed by atoms with Crippen LogP contribution in [0.15, 0.2) is 24.3 Å². The molecule has 3 rings (SSSR count). The number of aryl methyl sites for hydroxylation is 1. The van der Waals surface area contributed by atoms with Crippen molar-refractivity contribution >= 4 is 16.9 Å². The molecule has 2 aromatic rings. The monoisotopic (exact) mass is 272 g/mol. The summed E-state index contributed by atoms with van der Waals surface area (Å²) in [6.45, 7) is 1.51. The molecule has 1 atom stereocenters. The molecule has 2 heterocycles. The summed E-state index contributed by atoms with van der Waals surface area (Å²) in [7, 11) is 1.98. The van der Waals surface area contributed by atoms with E-state index in [1.165, 1.54) is 6.42 Å². The number of carbonyl (C=O) groups excluding carboxylic acids is 1. The van der Waals surface area contributed by atoms with E-state index in [1.54, 1.807) is 0 Å². The molecule has 1 aromatic carbocycles. The molecular formula is C15H20N4O. The van der Waals surface area contributed by atoms with Gasteiger partial charge in [-0.15, -0.1) is 0 Å². The lowest BCUT2D eigenvalue weighted by molar-refractivity contribution is -0.121. The number of aromatic nitrogens is 2. The minimum absolute atomic E-state index is 0.0939. The van der Waals surface area contributed by atoms with Crippen molar-refractivity contribution < 1.29 is 4.79 Å². The van der Waals surface area contributed by atoms with E-state index in [-0.39, 0.29) is 5.91 Å². The van der Waals surface area contributed by atoms with Crippen LogP contribution >= 0.6 is 0 Å². The second-order valence-electron chi connectivity index (χ2n) is 5.35. The van der Waals surface area contributed by atoms with Gasteiger partial charge in [0.2, 0.25) is 5.91 Å². The van der Waals surface area contributed by atoms with Crippen molar-refractivity contribution in [2.24, 2.45) is 7.05 Å². The van der Waals surface area contributed by atoms with E-state index in [0.29, 0.717) is 19.0 Å². The number of hydrogen-bond donors (Lipinski definition) is 2. The van der Waals surface area contributed by atoms with Crippen LogP contribution in [0, 0.1) is 0 Å². The molecule has 5 nitrogen and oxygen atoms in total. The van der Waals surface area contributed by atoms with Crippen molar-refractivity contribution in [1.29, 1.82) is 0 Å². The fraction of sp³-hybridized carbons (Fsp3) is 0.467. The largest absolute Gasteiger partial charge is 0.349 e. The third kappa shape index (κ3) is 2.67. The van der Waals surface area contributed by atoms with Crippen molar-refractivity contribution in [3.8, 4) is 0 Å². The minimum Gasteiger partial charge on any atom is -0.349 e. The van der Waals surface area contributed by atoms with Gasteiger partial charge in [0.05, 0.1) is 17.6 Å². The lowest BCUT2D eigenvalue weighted by Crippen LogP contribution is -2.32. The molecule has 106 valence electrons. The number of fused-ring (bicyclic) bond motifs is 1. The summed E-state index contributed by atoms with van der Waals surface area (Å²) >= 11 is 0. The molecule has 2 N–H and O–H groups in total. The standard InChI is InChI=1S/C15H20N4O/c1-19-13-7-3-2-6-12(13)18-14(19)10-17-15(20)9-11-5-4-8-16-11/h2-3,6-7,11,16H,4-5,8-10H2,1H3,(H,17,20). The summed E-state index contributed by atoms with van der Waals surface area (Å²) < 4.78 is 2.03. The molecule has 20 heavy (non-hydrogen) atoms. The summed E-state index contributed by atoms with van der Waals surface area (Å²) in [6, 6.07) is 8.34. The van der Waals surface area contributed by atoms with Gasteiger partial charge >= 0.3 is 0 Å². The Balaban J connectivity index is 1.61. The van der Waals surface area contributed by atoms with Gasteiger partial charge in [0, 0.05) is 19.5 Å². The van der Waals surface area contributed by atoms with Gasteiger partial charge in [-0.05, 0) is 31.5 Å². The number of amides is 1. The highest BCUT2D eigenvalue weighted by Crippen LogP contribution is 2.14. The second-order valence-corrected chi connectivity index (χ2v) is 5.35. The zero-order valence-corrected chi connectivity index (χ0v) is 11.7. The highest BCUT2D eigenvalue weighted by molar-refractivity contribution is 5.77. The van der Waals surface area contributed by atoms with Crippen LogP contribution in [0.5, 0.6) is 0 Å². The van der Waals surface area contributed by atoms with Gasteiger partial charge in [0.25, 0.3) is 0 Å². The lowest BCUT2D eigenvalue weighted by Gasteiger charge is -2.10. The number of carbonyl (C=O) groups is 1. The Kier molecular flexibility index (Phi) is 3.69. The molecule has 0 radical (unpaired) electrons. The van der Waals surface area contributed by atoms with Gasteiger partial charge in [-0.1, -0.05) is 12.1 Å². The Labute approximate surface area is 118 Å².